The van der Waals surface area contributed by atoms with Crippen LogP contribution in [-0.2, 0) is 19.1 Å². The summed E-state index contributed by atoms with van der Waals surface area (Å²) >= 11 is 0. The Labute approximate surface area is 196 Å². The molecule has 4 fully saturated rings. The molecule has 0 aromatic heterocycles. The molecule has 4 saturated carbocycles. The van der Waals surface area contributed by atoms with E-state index in [0.29, 0.717) is 31.5 Å². The zero-order valence-corrected chi connectivity index (χ0v) is 20.9. The fraction of sp³-hybridized carbons (Fsp3) is 0.929. The van der Waals surface area contributed by atoms with Crippen LogP contribution in [0.3, 0.4) is 0 Å². The highest BCUT2D eigenvalue weighted by Gasteiger charge is 2.64. The molecule has 0 spiro atoms. The second-order valence-corrected chi connectivity index (χ2v) is 11.3. The normalized spacial score (nSPS) is 30.4. The number of unbranched alkanes of at least 4 members (excludes halogenated alkanes) is 10. The Balaban J connectivity index is 1.46. The molecule has 4 bridgehead atoms. The molecule has 0 heterocycles. The first-order valence-electron chi connectivity index (χ1n) is 13.9. The highest BCUT2D eigenvalue weighted by atomic mass is 16.5. The molecule has 4 heteroatoms. The largest absolute Gasteiger partial charge is 0.465 e. The predicted octanol–water partition coefficient (Wildman–Crippen LogP) is 7.38. The standard InChI is InChI=1S/C28H48O4/c1-3-5-7-9-11-13-15-31-25(29)27-18-23-17-24(19-27)21-28(20-23,22-27)26(30)32-16-14-12-10-8-6-4-2/h23-24H,3-22H2,1-2H3. The summed E-state index contributed by atoms with van der Waals surface area (Å²) in [6.45, 7) is 5.53. The average molecular weight is 449 g/mol. The van der Waals surface area contributed by atoms with Crippen LogP contribution in [0.2, 0.25) is 0 Å². The van der Waals surface area contributed by atoms with Gasteiger partial charge in [0.2, 0.25) is 0 Å². The number of hydrogen-bond acceptors (Lipinski definition) is 4. The van der Waals surface area contributed by atoms with E-state index in [2.05, 4.69) is 13.8 Å². The van der Waals surface area contributed by atoms with Crippen LogP contribution < -0.4 is 0 Å². The number of ether oxygens (including phenoxy) is 2. The number of carbonyl (C=O) groups is 2. The zero-order chi connectivity index (χ0) is 22.9. The van der Waals surface area contributed by atoms with Crippen LogP contribution in [0.1, 0.15) is 129 Å². The van der Waals surface area contributed by atoms with Gasteiger partial charge >= 0.3 is 11.9 Å². The van der Waals surface area contributed by atoms with E-state index >= 15 is 0 Å². The Bertz CT molecular complexity index is 536. The van der Waals surface area contributed by atoms with Gasteiger partial charge in [-0.05, 0) is 63.2 Å². The van der Waals surface area contributed by atoms with Gasteiger partial charge in [0, 0.05) is 0 Å². The fourth-order valence-electron chi connectivity index (χ4n) is 7.14. The van der Waals surface area contributed by atoms with Crippen LogP contribution in [0, 0.1) is 22.7 Å². The summed E-state index contributed by atoms with van der Waals surface area (Å²) in [5, 5.41) is 0. The fourth-order valence-corrected chi connectivity index (χ4v) is 7.14. The minimum absolute atomic E-state index is 0.0201. The Kier molecular flexibility index (Phi) is 9.92. The molecular weight excluding hydrogens is 400 g/mol. The summed E-state index contributed by atoms with van der Waals surface area (Å²) in [4.78, 5) is 26.4. The van der Waals surface area contributed by atoms with E-state index in [9.17, 15) is 9.59 Å². The number of rotatable bonds is 16. The lowest BCUT2D eigenvalue weighted by Gasteiger charge is -2.59. The van der Waals surface area contributed by atoms with Gasteiger partial charge in [-0.25, -0.2) is 0 Å². The first kappa shape index (κ1) is 25.6. The third kappa shape index (κ3) is 6.50. The van der Waals surface area contributed by atoms with Crippen molar-refractivity contribution in [3.8, 4) is 0 Å². The van der Waals surface area contributed by atoms with E-state index in [4.69, 9.17) is 9.47 Å². The summed E-state index contributed by atoms with van der Waals surface area (Å²) in [5.74, 6) is 0.931. The Morgan fingerprint density at radius 2 is 1.00 bits per heavy atom. The molecule has 4 rings (SSSR count). The maximum Gasteiger partial charge on any atom is 0.312 e. The van der Waals surface area contributed by atoms with E-state index < -0.39 is 10.8 Å². The summed E-state index contributed by atoms with van der Waals surface area (Å²) in [7, 11) is 0. The van der Waals surface area contributed by atoms with E-state index in [1.54, 1.807) is 0 Å². The van der Waals surface area contributed by atoms with Gasteiger partial charge in [0.05, 0.1) is 24.0 Å². The van der Waals surface area contributed by atoms with Gasteiger partial charge in [-0.3, -0.25) is 9.59 Å². The van der Waals surface area contributed by atoms with Crippen molar-refractivity contribution in [1.82, 2.24) is 0 Å². The van der Waals surface area contributed by atoms with E-state index in [0.717, 1.165) is 51.4 Å². The third-order valence-corrected chi connectivity index (χ3v) is 8.39. The molecule has 0 aromatic rings. The van der Waals surface area contributed by atoms with Gasteiger partial charge < -0.3 is 9.47 Å². The Morgan fingerprint density at radius 1 is 0.625 bits per heavy atom. The van der Waals surface area contributed by atoms with Gasteiger partial charge in [0.15, 0.2) is 0 Å². The molecule has 4 aliphatic carbocycles. The van der Waals surface area contributed by atoms with Crippen molar-refractivity contribution in [3.05, 3.63) is 0 Å². The third-order valence-electron chi connectivity index (χ3n) is 8.39. The molecule has 0 aliphatic heterocycles. The highest BCUT2D eigenvalue weighted by Crippen LogP contribution is 2.66. The summed E-state index contributed by atoms with van der Waals surface area (Å²) in [5.41, 5.74) is -0.850. The van der Waals surface area contributed by atoms with Crippen molar-refractivity contribution >= 4 is 11.9 Å². The van der Waals surface area contributed by atoms with Crippen molar-refractivity contribution < 1.29 is 19.1 Å². The monoisotopic (exact) mass is 448 g/mol. The molecule has 4 nitrogen and oxygen atoms in total. The van der Waals surface area contributed by atoms with Gasteiger partial charge in [-0.1, -0.05) is 78.1 Å². The van der Waals surface area contributed by atoms with Crippen LogP contribution in [0.5, 0.6) is 0 Å². The number of esters is 2. The van der Waals surface area contributed by atoms with Gasteiger partial charge in [-0.2, -0.15) is 0 Å². The van der Waals surface area contributed by atoms with Crippen LogP contribution in [0.25, 0.3) is 0 Å². The SMILES string of the molecule is CCCCCCCCOC(=O)C12CC3CC(C1)CC(C(=O)OCCCCCCCC)(C3)C2. The minimum Gasteiger partial charge on any atom is -0.465 e. The van der Waals surface area contributed by atoms with Crippen LogP contribution in [0.4, 0.5) is 0 Å². The molecule has 0 amide bonds. The molecule has 4 aliphatic rings. The van der Waals surface area contributed by atoms with Gasteiger partial charge in [-0.15, -0.1) is 0 Å². The van der Waals surface area contributed by atoms with Crippen LogP contribution >= 0.6 is 0 Å². The van der Waals surface area contributed by atoms with E-state index in [1.807, 2.05) is 0 Å². The molecule has 0 aromatic carbocycles. The highest BCUT2D eigenvalue weighted by molar-refractivity contribution is 5.83. The maximum absolute atomic E-state index is 13.2. The van der Waals surface area contributed by atoms with Crippen LogP contribution in [0.15, 0.2) is 0 Å². The second-order valence-electron chi connectivity index (χ2n) is 11.3. The zero-order valence-electron chi connectivity index (χ0n) is 20.9. The first-order valence-corrected chi connectivity index (χ1v) is 13.9. The molecule has 0 N–H and O–H groups in total. The van der Waals surface area contributed by atoms with E-state index in [1.165, 1.54) is 57.8 Å². The lowest BCUT2D eigenvalue weighted by molar-refractivity contribution is -0.194. The molecule has 0 atom stereocenters. The molecule has 0 unspecified atom stereocenters. The van der Waals surface area contributed by atoms with Crippen LogP contribution in [-0.4, -0.2) is 25.2 Å². The summed E-state index contributed by atoms with van der Waals surface area (Å²) in [6, 6.07) is 0. The first-order chi connectivity index (χ1) is 15.5. The van der Waals surface area contributed by atoms with Crippen molar-refractivity contribution in [2.24, 2.45) is 22.7 Å². The minimum atomic E-state index is -0.425. The topological polar surface area (TPSA) is 52.6 Å². The smallest absolute Gasteiger partial charge is 0.312 e. The predicted molar refractivity (Wildman–Crippen MR) is 128 cm³/mol. The van der Waals surface area contributed by atoms with Gasteiger partial charge in [0.1, 0.15) is 0 Å². The molecular formula is C28H48O4. The molecule has 0 saturated heterocycles. The Morgan fingerprint density at radius 3 is 1.41 bits per heavy atom. The number of carbonyl (C=O) groups excluding carboxylic acids is 2. The summed E-state index contributed by atoms with van der Waals surface area (Å²) < 4.78 is 11.6. The Hall–Kier alpha value is -1.06. The van der Waals surface area contributed by atoms with Crippen molar-refractivity contribution in [3.63, 3.8) is 0 Å². The number of hydrogen-bond donors (Lipinski definition) is 0. The molecule has 184 valence electrons. The maximum atomic E-state index is 13.2. The lowest BCUT2D eigenvalue weighted by Crippen LogP contribution is -2.58. The molecule has 0 radical (unpaired) electrons. The van der Waals surface area contributed by atoms with E-state index in [-0.39, 0.29) is 11.9 Å². The van der Waals surface area contributed by atoms with Crippen molar-refractivity contribution in [2.45, 2.75) is 129 Å². The average Bonchev–Trinajstić information content (AvgIpc) is 2.76. The lowest BCUT2D eigenvalue weighted by atomic mass is 9.44. The quantitative estimate of drug-likeness (QED) is 0.182. The van der Waals surface area contributed by atoms with Crippen molar-refractivity contribution in [2.75, 3.05) is 13.2 Å². The van der Waals surface area contributed by atoms with Crippen molar-refractivity contribution in [1.29, 1.82) is 0 Å². The van der Waals surface area contributed by atoms with Gasteiger partial charge in [0.25, 0.3) is 0 Å². The summed E-state index contributed by atoms with van der Waals surface area (Å²) in [6.07, 6.45) is 19.8. The second kappa shape index (κ2) is 12.4. The molecule has 32 heavy (non-hydrogen) atoms.